The monoisotopic (exact) mass is 373 g/mol. The van der Waals surface area contributed by atoms with Crippen LogP contribution in [0.3, 0.4) is 0 Å². The molecule has 0 saturated carbocycles. The number of ether oxygens (including phenoxy) is 1. The molecule has 1 aromatic carbocycles. The molecule has 0 unspecified atom stereocenters. The van der Waals surface area contributed by atoms with Crippen molar-refractivity contribution >= 4 is 23.8 Å². The minimum Gasteiger partial charge on any atom is -0.467 e. The van der Waals surface area contributed by atoms with Crippen LogP contribution < -0.4 is 16.0 Å². The van der Waals surface area contributed by atoms with E-state index >= 15 is 0 Å². The molecule has 0 radical (unpaired) electrons. The van der Waals surface area contributed by atoms with E-state index in [4.69, 9.17) is 9.15 Å². The van der Waals surface area contributed by atoms with Gasteiger partial charge in [-0.1, -0.05) is 17.7 Å². The summed E-state index contributed by atoms with van der Waals surface area (Å²) < 4.78 is 9.72. The number of esters is 1. The van der Waals surface area contributed by atoms with Crippen molar-refractivity contribution in [2.24, 2.45) is 0 Å². The molecule has 9 heteroatoms. The maximum Gasteiger partial charge on any atom is 0.325 e. The van der Waals surface area contributed by atoms with Crippen LogP contribution in [0.25, 0.3) is 0 Å². The smallest absolute Gasteiger partial charge is 0.325 e. The van der Waals surface area contributed by atoms with E-state index in [9.17, 15) is 19.2 Å². The molecular formula is C18H19N3O6. The summed E-state index contributed by atoms with van der Waals surface area (Å²) in [7, 11) is 0. The van der Waals surface area contributed by atoms with Crippen molar-refractivity contribution in [2.45, 2.75) is 13.5 Å². The highest BCUT2D eigenvalue weighted by Crippen LogP contribution is 2.03. The second kappa shape index (κ2) is 9.76. The quantitative estimate of drug-likeness (QED) is 0.619. The number of hydrogen-bond acceptors (Lipinski definition) is 6. The van der Waals surface area contributed by atoms with Crippen molar-refractivity contribution in [3.8, 4) is 0 Å². The normalized spacial score (nSPS) is 9.96. The number of carbonyl (C=O) groups is 4. The summed E-state index contributed by atoms with van der Waals surface area (Å²) >= 11 is 0. The highest BCUT2D eigenvalue weighted by molar-refractivity contribution is 5.97. The zero-order chi connectivity index (χ0) is 19.6. The summed E-state index contributed by atoms with van der Waals surface area (Å²) in [6.07, 6.45) is 1.46. The van der Waals surface area contributed by atoms with Crippen molar-refractivity contribution in [2.75, 3.05) is 13.2 Å². The van der Waals surface area contributed by atoms with Crippen LogP contribution in [0.2, 0.25) is 0 Å². The van der Waals surface area contributed by atoms with Gasteiger partial charge in [0.15, 0.2) is 6.61 Å². The first kappa shape index (κ1) is 19.7. The van der Waals surface area contributed by atoms with Gasteiger partial charge in [0.1, 0.15) is 12.3 Å². The van der Waals surface area contributed by atoms with Crippen LogP contribution in [0.15, 0.2) is 47.1 Å². The first-order valence-corrected chi connectivity index (χ1v) is 8.04. The molecule has 27 heavy (non-hydrogen) atoms. The molecule has 2 rings (SSSR count). The van der Waals surface area contributed by atoms with Gasteiger partial charge in [0.05, 0.1) is 12.8 Å². The van der Waals surface area contributed by atoms with Crippen LogP contribution in [-0.4, -0.2) is 37.0 Å². The van der Waals surface area contributed by atoms with Crippen molar-refractivity contribution in [1.29, 1.82) is 0 Å². The summed E-state index contributed by atoms with van der Waals surface area (Å²) in [5.74, 6) is -1.52. The third kappa shape index (κ3) is 7.02. The largest absolute Gasteiger partial charge is 0.467 e. The molecule has 1 heterocycles. The van der Waals surface area contributed by atoms with E-state index in [-0.39, 0.29) is 6.54 Å². The van der Waals surface area contributed by atoms with Crippen LogP contribution in [0.5, 0.6) is 0 Å². The second-order valence-corrected chi connectivity index (χ2v) is 5.52. The first-order chi connectivity index (χ1) is 12.9. The molecule has 0 spiro atoms. The molecule has 2 aromatic rings. The van der Waals surface area contributed by atoms with Gasteiger partial charge in [0.2, 0.25) is 0 Å². The molecule has 0 fully saturated rings. The number of hydrogen-bond donors (Lipinski definition) is 3. The van der Waals surface area contributed by atoms with E-state index < -0.39 is 37.0 Å². The van der Waals surface area contributed by atoms with Gasteiger partial charge in [-0.3, -0.25) is 19.7 Å². The molecule has 0 aliphatic rings. The number of imide groups is 1. The number of nitrogens with one attached hydrogen (secondary N) is 3. The molecule has 0 aliphatic heterocycles. The number of amides is 4. The third-order valence-electron chi connectivity index (χ3n) is 3.29. The predicted octanol–water partition coefficient (Wildman–Crippen LogP) is 0.887. The lowest BCUT2D eigenvalue weighted by atomic mass is 10.1. The molecule has 1 aromatic heterocycles. The molecule has 9 nitrogen and oxygen atoms in total. The number of carbonyl (C=O) groups excluding carboxylic acids is 4. The Morgan fingerprint density at radius 1 is 1.07 bits per heavy atom. The van der Waals surface area contributed by atoms with Crippen molar-refractivity contribution < 1.29 is 28.3 Å². The van der Waals surface area contributed by atoms with Crippen LogP contribution in [0.4, 0.5) is 4.79 Å². The van der Waals surface area contributed by atoms with Crippen molar-refractivity contribution in [3.63, 3.8) is 0 Å². The molecular weight excluding hydrogens is 354 g/mol. The highest BCUT2D eigenvalue weighted by atomic mass is 16.5. The Bertz CT molecular complexity index is 816. The standard InChI is InChI=1S/C18H19N3O6/c1-12-4-2-5-13(8-12)17(24)19-10-16(23)27-11-15(22)21-18(25)20-9-14-6-3-7-26-14/h2-8H,9-11H2,1H3,(H,19,24)(H2,20,21,22,25). The van der Waals surface area contributed by atoms with Crippen molar-refractivity contribution in [1.82, 2.24) is 16.0 Å². The predicted molar refractivity (Wildman–Crippen MR) is 93.6 cm³/mol. The minimum absolute atomic E-state index is 0.108. The lowest BCUT2D eigenvalue weighted by Gasteiger charge is -2.08. The Morgan fingerprint density at radius 3 is 2.59 bits per heavy atom. The first-order valence-electron chi connectivity index (χ1n) is 8.04. The van der Waals surface area contributed by atoms with Crippen LogP contribution in [0.1, 0.15) is 21.7 Å². The van der Waals surface area contributed by atoms with Gasteiger partial charge in [-0.25, -0.2) is 4.79 Å². The zero-order valence-electron chi connectivity index (χ0n) is 14.6. The molecule has 142 valence electrons. The lowest BCUT2D eigenvalue weighted by Crippen LogP contribution is -2.41. The molecule has 0 bridgehead atoms. The van der Waals surface area contributed by atoms with E-state index in [0.29, 0.717) is 11.3 Å². The summed E-state index contributed by atoms with van der Waals surface area (Å²) in [5.41, 5.74) is 1.32. The number of benzene rings is 1. The van der Waals surface area contributed by atoms with Gasteiger partial charge in [0.25, 0.3) is 11.8 Å². The number of urea groups is 1. The number of furan rings is 1. The van der Waals surface area contributed by atoms with E-state index in [1.807, 2.05) is 18.3 Å². The van der Waals surface area contributed by atoms with Gasteiger partial charge in [-0.2, -0.15) is 0 Å². The molecule has 0 aliphatic carbocycles. The number of rotatable bonds is 7. The molecule has 0 saturated heterocycles. The second-order valence-electron chi connectivity index (χ2n) is 5.52. The van der Waals surface area contributed by atoms with E-state index in [1.54, 1.807) is 30.3 Å². The van der Waals surface area contributed by atoms with Gasteiger partial charge in [-0.05, 0) is 31.2 Å². The average Bonchev–Trinajstić information content (AvgIpc) is 3.16. The zero-order valence-corrected chi connectivity index (χ0v) is 14.6. The van der Waals surface area contributed by atoms with Gasteiger partial charge in [-0.15, -0.1) is 0 Å². The Kier molecular flexibility index (Phi) is 7.12. The highest BCUT2D eigenvalue weighted by Gasteiger charge is 2.13. The van der Waals surface area contributed by atoms with E-state index in [0.717, 1.165) is 5.56 Å². The van der Waals surface area contributed by atoms with Crippen LogP contribution >= 0.6 is 0 Å². The lowest BCUT2D eigenvalue weighted by molar-refractivity contribution is -0.147. The Labute approximate surface area is 155 Å². The van der Waals surface area contributed by atoms with Gasteiger partial charge >= 0.3 is 12.0 Å². The molecule has 4 amide bonds. The topological polar surface area (TPSA) is 127 Å². The third-order valence-corrected chi connectivity index (χ3v) is 3.29. The average molecular weight is 373 g/mol. The Balaban J connectivity index is 1.63. The summed E-state index contributed by atoms with van der Waals surface area (Å²) in [5, 5.41) is 6.80. The van der Waals surface area contributed by atoms with E-state index in [1.165, 1.54) is 6.26 Å². The fourth-order valence-electron chi connectivity index (χ4n) is 2.03. The van der Waals surface area contributed by atoms with E-state index in [2.05, 4.69) is 10.6 Å². The maximum absolute atomic E-state index is 11.9. The summed E-state index contributed by atoms with van der Waals surface area (Å²) in [4.78, 5) is 46.5. The van der Waals surface area contributed by atoms with Crippen LogP contribution in [0, 0.1) is 6.92 Å². The summed E-state index contributed by atoms with van der Waals surface area (Å²) in [6.45, 7) is 0.906. The van der Waals surface area contributed by atoms with Crippen molar-refractivity contribution in [3.05, 3.63) is 59.5 Å². The Hall–Kier alpha value is -3.62. The van der Waals surface area contributed by atoms with Crippen LogP contribution in [-0.2, 0) is 20.9 Å². The fourth-order valence-corrected chi connectivity index (χ4v) is 2.03. The SMILES string of the molecule is Cc1cccc(C(=O)NCC(=O)OCC(=O)NC(=O)NCc2ccco2)c1. The minimum atomic E-state index is -0.804. The maximum atomic E-state index is 11.9. The Morgan fingerprint density at radius 2 is 1.89 bits per heavy atom. The molecule has 0 atom stereocenters. The van der Waals surface area contributed by atoms with Gasteiger partial charge in [0, 0.05) is 5.56 Å². The fraction of sp³-hybridized carbons (Fsp3) is 0.222. The number of aryl methyl sites for hydroxylation is 1. The summed E-state index contributed by atoms with van der Waals surface area (Å²) in [6, 6.07) is 9.43. The van der Waals surface area contributed by atoms with Gasteiger partial charge < -0.3 is 19.8 Å². The molecule has 3 N–H and O–H groups in total.